The largest absolute Gasteiger partial charge is 0.489 e. The summed E-state index contributed by atoms with van der Waals surface area (Å²) < 4.78 is 16.3. The summed E-state index contributed by atoms with van der Waals surface area (Å²) in [6.45, 7) is 6.30. The minimum atomic E-state index is -0.611. The van der Waals surface area contributed by atoms with E-state index >= 15 is 0 Å². The maximum Gasteiger partial charge on any atom is 0.412 e. The number of aldehydes is 1. The zero-order chi connectivity index (χ0) is 15.5. The molecule has 0 aliphatic carbocycles. The Kier molecular flexibility index (Phi) is 4.35. The first-order valence-corrected chi connectivity index (χ1v) is 6.78. The second-order valence-corrected chi connectivity index (χ2v) is 5.69. The van der Waals surface area contributed by atoms with Crippen LogP contribution >= 0.6 is 0 Å². The SMILES string of the molecule is CC(C)(C)OC(=O)Nc1cc(C=O)cc2c1OCCCO2. The summed E-state index contributed by atoms with van der Waals surface area (Å²) in [6, 6.07) is 3.12. The predicted octanol–water partition coefficient (Wildman–Crippen LogP) is 3.01. The van der Waals surface area contributed by atoms with Gasteiger partial charge in [-0.3, -0.25) is 10.1 Å². The molecular weight excluding hydrogens is 274 g/mol. The average Bonchev–Trinajstić information content (AvgIpc) is 2.61. The Morgan fingerprint density at radius 2 is 2.00 bits per heavy atom. The van der Waals surface area contributed by atoms with Gasteiger partial charge >= 0.3 is 6.09 Å². The van der Waals surface area contributed by atoms with Gasteiger partial charge in [0, 0.05) is 12.0 Å². The molecule has 6 nitrogen and oxygen atoms in total. The summed E-state index contributed by atoms with van der Waals surface area (Å²) in [4.78, 5) is 22.9. The zero-order valence-corrected chi connectivity index (χ0v) is 12.4. The van der Waals surface area contributed by atoms with Gasteiger partial charge in [-0.2, -0.15) is 0 Å². The summed E-state index contributed by atoms with van der Waals surface area (Å²) in [5.41, 5.74) is 0.150. The minimum absolute atomic E-state index is 0.366. The lowest BCUT2D eigenvalue weighted by atomic mass is 10.2. The van der Waals surface area contributed by atoms with Crippen molar-refractivity contribution in [3.63, 3.8) is 0 Å². The van der Waals surface area contributed by atoms with E-state index in [1.54, 1.807) is 26.8 Å². The lowest BCUT2D eigenvalue weighted by Crippen LogP contribution is -2.27. The van der Waals surface area contributed by atoms with Gasteiger partial charge in [-0.1, -0.05) is 0 Å². The maximum absolute atomic E-state index is 11.9. The van der Waals surface area contributed by atoms with E-state index in [2.05, 4.69) is 5.32 Å². The van der Waals surface area contributed by atoms with E-state index in [0.717, 1.165) is 6.42 Å². The molecule has 0 fully saturated rings. The molecule has 1 aromatic carbocycles. The van der Waals surface area contributed by atoms with Crippen molar-refractivity contribution in [1.29, 1.82) is 0 Å². The van der Waals surface area contributed by atoms with Gasteiger partial charge in [0.25, 0.3) is 0 Å². The first kappa shape index (κ1) is 15.2. The molecule has 0 atom stereocenters. The molecule has 1 aliphatic heterocycles. The fourth-order valence-corrected chi connectivity index (χ4v) is 1.87. The Morgan fingerprint density at radius 1 is 1.29 bits per heavy atom. The smallest absolute Gasteiger partial charge is 0.412 e. The van der Waals surface area contributed by atoms with Gasteiger partial charge in [-0.25, -0.2) is 4.79 Å². The van der Waals surface area contributed by atoms with E-state index in [4.69, 9.17) is 14.2 Å². The molecule has 1 aliphatic rings. The lowest BCUT2D eigenvalue weighted by Gasteiger charge is -2.21. The molecule has 0 spiro atoms. The highest BCUT2D eigenvalue weighted by Crippen LogP contribution is 2.38. The number of carbonyl (C=O) groups excluding carboxylic acids is 2. The van der Waals surface area contributed by atoms with Crippen molar-refractivity contribution in [1.82, 2.24) is 0 Å². The third-order valence-electron chi connectivity index (χ3n) is 2.64. The van der Waals surface area contributed by atoms with Gasteiger partial charge in [0.15, 0.2) is 11.5 Å². The summed E-state index contributed by atoms with van der Waals surface area (Å²) >= 11 is 0. The van der Waals surface area contributed by atoms with Crippen molar-refractivity contribution in [2.24, 2.45) is 0 Å². The minimum Gasteiger partial charge on any atom is -0.489 e. The Bertz CT molecular complexity index is 548. The van der Waals surface area contributed by atoms with Gasteiger partial charge in [0.2, 0.25) is 0 Å². The fraction of sp³-hybridized carbons (Fsp3) is 0.467. The number of benzene rings is 1. The number of ether oxygens (including phenoxy) is 3. The molecule has 1 amide bonds. The molecule has 0 bridgehead atoms. The van der Waals surface area contributed by atoms with E-state index in [1.165, 1.54) is 6.07 Å². The van der Waals surface area contributed by atoms with Crippen molar-refractivity contribution in [3.05, 3.63) is 17.7 Å². The Balaban J connectivity index is 2.29. The summed E-state index contributed by atoms with van der Waals surface area (Å²) in [5.74, 6) is 0.868. The summed E-state index contributed by atoms with van der Waals surface area (Å²) in [6.07, 6.45) is 0.812. The molecule has 1 N–H and O–H groups in total. The molecule has 0 saturated heterocycles. The van der Waals surface area contributed by atoms with Crippen LogP contribution in [0.15, 0.2) is 12.1 Å². The molecule has 0 saturated carbocycles. The molecular formula is C15H19NO5. The predicted molar refractivity (Wildman–Crippen MR) is 77.3 cm³/mol. The monoisotopic (exact) mass is 293 g/mol. The van der Waals surface area contributed by atoms with Crippen molar-refractivity contribution in [2.75, 3.05) is 18.5 Å². The summed E-state index contributed by atoms with van der Waals surface area (Å²) in [5, 5.41) is 2.60. The Morgan fingerprint density at radius 3 is 2.67 bits per heavy atom. The number of hydrogen-bond acceptors (Lipinski definition) is 5. The maximum atomic E-state index is 11.9. The van der Waals surface area contributed by atoms with Crippen LogP contribution in [0.4, 0.5) is 10.5 Å². The number of hydrogen-bond donors (Lipinski definition) is 1. The van der Waals surface area contributed by atoms with Crippen LogP contribution < -0.4 is 14.8 Å². The van der Waals surface area contributed by atoms with Gasteiger partial charge in [-0.15, -0.1) is 0 Å². The van der Waals surface area contributed by atoms with E-state index in [-0.39, 0.29) is 0 Å². The van der Waals surface area contributed by atoms with Crippen molar-refractivity contribution >= 4 is 18.1 Å². The van der Waals surface area contributed by atoms with Crippen LogP contribution in [-0.2, 0) is 4.74 Å². The number of nitrogens with one attached hydrogen (secondary N) is 1. The number of anilines is 1. The summed E-state index contributed by atoms with van der Waals surface area (Å²) in [7, 11) is 0. The quantitative estimate of drug-likeness (QED) is 0.848. The van der Waals surface area contributed by atoms with Crippen molar-refractivity contribution in [3.8, 4) is 11.5 Å². The van der Waals surface area contributed by atoms with Gasteiger partial charge in [0.05, 0.1) is 18.9 Å². The van der Waals surface area contributed by atoms with E-state index in [1.807, 2.05) is 0 Å². The van der Waals surface area contributed by atoms with Gasteiger partial charge in [0.1, 0.15) is 11.9 Å². The highest BCUT2D eigenvalue weighted by Gasteiger charge is 2.21. The molecule has 1 heterocycles. The second-order valence-electron chi connectivity index (χ2n) is 5.69. The van der Waals surface area contributed by atoms with Crippen LogP contribution in [0, 0.1) is 0 Å². The molecule has 0 unspecified atom stereocenters. The molecule has 114 valence electrons. The fourth-order valence-electron chi connectivity index (χ4n) is 1.87. The number of fused-ring (bicyclic) bond motifs is 1. The highest BCUT2D eigenvalue weighted by molar-refractivity contribution is 5.90. The third-order valence-corrected chi connectivity index (χ3v) is 2.64. The van der Waals surface area contributed by atoms with Crippen molar-refractivity contribution < 1.29 is 23.8 Å². The van der Waals surface area contributed by atoms with E-state index in [0.29, 0.717) is 42.2 Å². The normalized spacial score (nSPS) is 14.0. The molecule has 0 radical (unpaired) electrons. The topological polar surface area (TPSA) is 73.9 Å². The van der Waals surface area contributed by atoms with Crippen LogP contribution in [0.1, 0.15) is 37.6 Å². The number of amides is 1. The molecule has 21 heavy (non-hydrogen) atoms. The third kappa shape index (κ3) is 4.11. The van der Waals surface area contributed by atoms with Crippen molar-refractivity contribution in [2.45, 2.75) is 32.8 Å². The molecule has 0 aromatic heterocycles. The molecule has 2 rings (SSSR count). The number of carbonyl (C=O) groups is 2. The Hall–Kier alpha value is -2.24. The standard InChI is InChI=1S/C15H19NO5/c1-15(2,3)21-14(18)16-11-7-10(9-17)8-12-13(11)20-6-4-5-19-12/h7-9H,4-6H2,1-3H3,(H,16,18). The molecule has 6 heteroatoms. The Labute approximate surface area is 123 Å². The first-order chi connectivity index (χ1) is 9.89. The van der Waals surface area contributed by atoms with E-state index < -0.39 is 11.7 Å². The van der Waals surface area contributed by atoms with Crippen LogP contribution in [0.2, 0.25) is 0 Å². The van der Waals surface area contributed by atoms with Crippen LogP contribution in [0.3, 0.4) is 0 Å². The zero-order valence-electron chi connectivity index (χ0n) is 12.4. The van der Waals surface area contributed by atoms with Crippen LogP contribution in [0.25, 0.3) is 0 Å². The van der Waals surface area contributed by atoms with Crippen LogP contribution in [-0.4, -0.2) is 31.2 Å². The molecule has 1 aromatic rings. The van der Waals surface area contributed by atoms with Gasteiger partial charge in [-0.05, 0) is 32.9 Å². The van der Waals surface area contributed by atoms with Gasteiger partial charge < -0.3 is 14.2 Å². The first-order valence-electron chi connectivity index (χ1n) is 6.78. The highest BCUT2D eigenvalue weighted by atomic mass is 16.6. The lowest BCUT2D eigenvalue weighted by molar-refractivity contribution is 0.0635. The van der Waals surface area contributed by atoms with Crippen LogP contribution in [0.5, 0.6) is 11.5 Å². The van der Waals surface area contributed by atoms with E-state index in [9.17, 15) is 9.59 Å². The number of rotatable bonds is 2. The average molecular weight is 293 g/mol. The second kappa shape index (κ2) is 6.03.